The predicted molar refractivity (Wildman–Crippen MR) is 126 cm³/mol. The van der Waals surface area contributed by atoms with Gasteiger partial charge in [-0.2, -0.15) is 0 Å². The van der Waals surface area contributed by atoms with Gasteiger partial charge in [0.1, 0.15) is 6.61 Å². The number of carbonyl (C=O) groups is 2. The van der Waals surface area contributed by atoms with E-state index < -0.39 is 0 Å². The van der Waals surface area contributed by atoms with Crippen LogP contribution in [-0.4, -0.2) is 86.0 Å². The van der Waals surface area contributed by atoms with Crippen molar-refractivity contribution in [2.24, 2.45) is 0 Å². The fourth-order valence-corrected chi connectivity index (χ4v) is 4.07. The normalized spacial score (nSPS) is 17.8. The summed E-state index contributed by atoms with van der Waals surface area (Å²) in [5.41, 5.74) is 0.864. The molecule has 0 saturated carbocycles. The molecule has 174 valence electrons. The number of nitrogens with zero attached hydrogens (tertiary/aromatic N) is 3. The summed E-state index contributed by atoms with van der Waals surface area (Å²) in [6.45, 7) is 8.98. The summed E-state index contributed by atoms with van der Waals surface area (Å²) < 4.78 is 10.9. The first-order chi connectivity index (χ1) is 15.6. The molecule has 0 aliphatic carbocycles. The molecule has 0 bridgehead atoms. The third-order valence-corrected chi connectivity index (χ3v) is 5.96. The summed E-state index contributed by atoms with van der Waals surface area (Å²) in [5, 5.41) is 0. The first kappa shape index (κ1) is 23.9. The van der Waals surface area contributed by atoms with Gasteiger partial charge in [0.25, 0.3) is 0 Å². The lowest BCUT2D eigenvalue weighted by Crippen LogP contribution is -2.51. The zero-order chi connectivity index (χ0) is 22.8. The largest absolute Gasteiger partial charge is 0.493 e. The monoisotopic (exact) mass is 441 g/mol. The van der Waals surface area contributed by atoms with E-state index in [2.05, 4.69) is 11.5 Å². The summed E-state index contributed by atoms with van der Waals surface area (Å²) >= 11 is 0. The Bertz CT molecular complexity index is 807. The molecule has 1 aromatic carbocycles. The van der Waals surface area contributed by atoms with Crippen LogP contribution in [-0.2, 0) is 9.59 Å². The van der Waals surface area contributed by atoms with Gasteiger partial charge in [-0.15, -0.1) is 0 Å². The van der Waals surface area contributed by atoms with Crippen molar-refractivity contribution in [3.63, 3.8) is 0 Å². The topological polar surface area (TPSA) is 62.3 Å². The number of hydrogen-bond acceptors (Lipinski definition) is 5. The standard InChI is InChI=1S/C25H35N3O4/c1-3-18-32-22-10-8-21(19-23(22)31-2)9-11-24(29)28-16-14-26(15-17-28)20-25(30)27-12-6-4-5-7-13-27/h3,8-11,19H,1,4-7,12-18,20H2,2H3/b11-9+. The SMILES string of the molecule is C=CCOc1ccc(/C=C/C(=O)N2CCN(CC(=O)N3CCCCCC3)CC2)cc1OC. The summed E-state index contributed by atoms with van der Waals surface area (Å²) in [5.74, 6) is 1.46. The maximum Gasteiger partial charge on any atom is 0.246 e. The Kier molecular flexibility index (Phi) is 9.16. The quantitative estimate of drug-likeness (QED) is 0.459. The number of piperazine rings is 1. The van der Waals surface area contributed by atoms with Crippen LogP contribution in [0.3, 0.4) is 0 Å². The van der Waals surface area contributed by atoms with Crippen molar-refractivity contribution in [2.45, 2.75) is 25.7 Å². The van der Waals surface area contributed by atoms with Gasteiger partial charge in [0, 0.05) is 45.3 Å². The molecule has 2 heterocycles. The lowest BCUT2D eigenvalue weighted by atomic mass is 10.2. The molecule has 3 rings (SSSR count). The molecule has 2 amide bonds. The van der Waals surface area contributed by atoms with Crippen molar-refractivity contribution in [3.05, 3.63) is 42.5 Å². The number of hydrogen-bond donors (Lipinski definition) is 0. The van der Waals surface area contributed by atoms with Gasteiger partial charge in [0.05, 0.1) is 13.7 Å². The molecular weight excluding hydrogens is 406 g/mol. The van der Waals surface area contributed by atoms with Crippen molar-refractivity contribution in [1.29, 1.82) is 0 Å². The van der Waals surface area contributed by atoms with E-state index in [1.54, 1.807) is 25.3 Å². The Hall–Kier alpha value is -2.80. The average Bonchev–Trinajstić information content (AvgIpc) is 3.11. The van der Waals surface area contributed by atoms with Gasteiger partial charge in [0.15, 0.2) is 11.5 Å². The van der Waals surface area contributed by atoms with Crippen LogP contribution in [0.25, 0.3) is 6.08 Å². The Morgan fingerprint density at radius 3 is 2.34 bits per heavy atom. The van der Waals surface area contributed by atoms with Gasteiger partial charge in [-0.05, 0) is 36.6 Å². The fourth-order valence-electron chi connectivity index (χ4n) is 4.07. The molecule has 2 saturated heterocycles. The van der Waals surface area contributed by atoms with Crippen LogP contribution in [0, 0.1) is 0 Å². The van der Waals surface area contributed by atoms with Crippen LogP contribution in [0.5, 0.6) is 11.5 Å². The van der Waals surface area contributed by atoms with E-state index in [0.717, 1.165) is 44.6 Å². The third-order valence-electron chi connectivity index (χ3n) is 5.96. The van der Waals surface area contributed by atoms with E-state index in [-0.39, 0.29) is 11.8 Å². The van der Waals surface area contributed by atoms with Crippen LogP contribution in [0.1, 0.15) is 31.2 Å². The molecule has 7 heteroatoms. The van der Waals surface area contributed by atoms with Crippen molar-refractivity contribution < 1.29 is 19.1 Å². The second-order valence-electron chi connectivity index (χ2n) is 8.24. The molecule has 32 heavy (non-hydrogen) atoms. The van der Waals surface area contributed by atoms with Crippen molar-refractivity contribution in [2.75, 3.05) is 59.5 Å². The lowest BCUT2D eigenvalue weighted by Gasteiger charge is -2.34. The highest BCUT2D eigenvalue weighted by Crippen LogP contribution is 2.28. The van der Waals surface area contributed by atoms with Gasteiger partial charge < -0.3 is 19.3 Å². The summed E-state index contributed by atoms with van der Waals surface area (Å²) in [6, 6.07) is 5.55. The van der Waals surface area contributed by atoms with E-state index in [1.165, 1.54) is 12.8 Å². The molecule has 2 aliphatic heterocycles. The molecule has 0 N–H and O–H groups in total. The Morgan fingerprint density at radius 2 is 1.69 bits per heavy atom. The number of rotatable bonds is 8. The van der Waals surface area contributed by atoms with Gasteiger partial charge in [-0.1, -0.05) is 31.6 Å². The Balaban J connectivity index is 1.47. The second kappa shape index (κ2) is 12.3. The third kappa shape index (κ3) is 6.85. The minimum Gasteiger partial charge on any atom is -0.493 e. The molecule has 0 aromatic heterocycles. The van der Waals surface area contributed by atoms with Crippen LogP contribution < -0.4 is 9.47 Å². The smallest absolute Gasteiger partial charge is 0.246 e. The van der Waals surface area contributed by atoms with E-state index in [4.69, 9.17) is 9.47 Å². The number of carbonyl (C=O) groups excluding carboxylic acids is 2. The van der Waals surface area contributed by atoms with Gasteiger partial charge >= 0.3 is 0 Å². The van der Waals surface area contributed by atoms with Crippen LogP contribution in [0.15, 0.2) is 36.9 Å². The lowest BCUT2D eigenvalue weighted by molar-refractivity contribution is -0.133. The van der Waals surface area contributed by atoms with E-state index in [0.29, 0.717) is 37.7 Å². The molecule has 0 spiro atoms. The molecule has 0 atom stereocenters. The van der Waals surface area contributed by atoms with Gasteiger partial charge in [-0.3, -0.25) is 14.5 Å². The fraction of sp³-hybridized carbons (Fsp3) is 0.520. The van der Waals surface area contributed by atoms with Crippen LogP contribution in [0.2, 0.25) is 0 Å². The van der Waals surface area contributed by atoms with Crippen molar-refractivity contribution in [1.82, 2.24) is 14.7 Å². The van der Waals surface area contributed by atoms with E-state index in [9.17, 15) is 9.59 Å². The minimum atomic E-state index is -0.0190. The zero-order valence-electron chi connectivity index (χ0n) is 19.1. The van der Waals surface area contributed by atoms with Crippen molar-refractivity contribution in [3.8, 4) is 11.5 Å². The molecular formula is C25H35N3O4. The highest BCUT2D eigenvalue weighted by Gasteiger charge is 2.23. The first-order valence-electron chi connectivity index (χ1n) is 11.5. The van der Waals surface area contributed by atoms with Crippen LogP contribution >= 0.6 is 0 Å². The Morgan fingerprint density at radius 1 is 0.969 bits per heavy atom. The summed E-state index contributed by atoms with van der Waals surface area (Å²) in [4.78, 5) is 31.2. The highest BCUT2D eigenvalue weighted by atomic mass is 16.5. The van der Waals surface area contributed by atoms with E-state index >= 15 is 0 Å². The molecule has 1 aromatic rings. The van der Waals surface area contributed by atoms with Gasteiger partial charge in [0.2, 0.25) is 11.8 Å². The zero-order valence-corrected chi connectivity index (χ0v) is 19.1. The molecule has 2 aliphatic rings. The highest BCUT2D eigenvalue weighted by molar-refractivity contribution is 5.92. The average molecular weight is 442 g/mol. The number of likely N-dealkylation sites (tertiary alicyclic amines) is 1. The maximum atomic E-state index is 12.6. The summed E-state index contributed by atoms with van der Waals surface area (Å²) in [7, 11) is 1.59. The van der Waals surface area contributed by atoms with Crippen molar-refractivity contribution >= 4 is 17.9 Å². The number of methoxy groups -OCH3 is 1. The van der Waals surface area contributed by atoms with Gasteiger partial charge in [-0.25, -0.2) is 0 Å². The number of ether oxygens (including phenoxy) is 2. The second-order valence-corrected chi connectivity index (χ2v) is 8.24. The minimum absolute atomic E-state index is 0.0190. The maximum absolute atomic E-state index is 12.6. The molecule has 0 unspecified atom stereocenters. The number of benzene rings is 1. The molecule has 7 nitrogen and oxygen atoms in total. The number of amides is 2. The van der Waals surface area contributed by atoms with E-state index in [1.807, 2.05) is 28.0 Å². The summed E-state index contributed by atoms with van der Waals surface area (Å²) in [6.07, 6.45) is 9.72. The Labute approximate surface area is 191 Å². The first-order valence-corrected chi connectivity index (χ1v) is 11.5. The van der Waals surface area contributed by atoms with Crippen LogP contribution in [0.4, 0.5) is 0 Å². The molecule has 2 fully saturated rings. The predicted octanol–water partition coefficient (Wildman–Crippen LogP) is 2.82. The molecule has 0 radical (unpaired) electrons.